The smallest absolute Gasteiger partial charge is 0.00342 e. The summed E-state index contributed by atoms with van der Waals surface area (Å²) in [6.45, 7) is 9.93. The predicted octanol–water partition coefficient (Wildman–Crippen LogP) is 5.57. The topological polar surface area (TPSA) is 0 Å². The number of hydrogen-bond acceptors (Lipinski definition) is 0. The van der Waals surface area contributed by atoms with E-state index in [0.29, 0.717) is 16.2 Å². The van der Waals surface area contributed by atoms with Gasteiger partial charge in [-0.25, -0.2) is 0 Å². The fourth-order valence-electron chi connectivity index (χ4n) is 5.63. The Morgan fingerprint density at radius 2 is 1.32 bits per heavy atom. The molecular formula is C19H28. The molecule has 1 aromatic rings. The molecule has 0 aromatic heterocycles. The molecule has 0 atom stereocenters. The molecule has 104 valence electrons. The summed E-state index contributed by atoms with van der Waals surface area (Å²) >= 11 is 0. The normalized spacial score (nSPS) is 35.9. The molecule has 2 bridgehead atoms. The molecule has 2 fully saturated rings. The van der Waals surface area contributed by atoms with E-state index in [1.165, 1.54) is 32.1 Å². The van der Waals surface area contributed by atoms with Crippen molar-refractivity contribution in [2.45, 2.75) is 65.2 Å². The van der Waals surface area contributed by atoms with Crippen molar-refractivity contribution in [2.75, 3.05) is 0 Å². The van der Waals surface area contributed by atoms with Crippen LogP contribution in [0, 0.1) is 16.7 Å². The fourth-order valence-corrected chi connectivity index (χ4v) is 5.63. The van der Waals surface area contributed by atoms with Gasteiger partial charge in [0.1, 0.15) is 0 Å². The molecule has 0 aliphatic heterocycles. The van der Waals surface area contributed by atoms with Crippen LogP contribution >= 0.6 is 0 Å². The molecule has 0 radical (unpaired) electrons. The van der Waals surface area contributed by atoms with E-state index in [2.05, 4.69) is 58.0 Å². The second kappa shape index (κ2) is 4.11. The Balaban J connectivity index is 2.04. The zero-order valence-electron chi connectivity index (χ0n) is 13.0. The van der Waals surface area contributed by atoms with Crippen molar-refractivity contribution in [3.63, 3.8) is 0 Å². The molecule has 2 aliphatic rings. The molecule has 0 unspecified atom stereocenters. The minimum absolute atomic E-state index is 0.440. The molecule has 0 amide bonds. The fraction of sp³-hybridized carbons (Fsp3) is 0.684. The van der Waals surface area contributed by atoms with Crippen molar-refractivity contribution >= 4 is 0 Å². The van der Waals surface area contributed by atoms with Crippen LogP contribution in [0.5, 0.6) is 0 Å². The summed E-state index contributed by atoms with van der Waals surface area (Å²) in [6, 6.07) is 11.4. The molecule has 2 aliphatic carbocycles. The SMILES string of the molecule is CC1(C)CC2CC(C)(C)CC(c3ccccc3)(C2)C1. The van der Waals surface area contributed by atoms with Crippen LogP contribution in [-0.2, 0) is 5.41 Å². The number of benzene rings is 1. The Bertz CT molecular complexity index is 432. The number of hydrogen-bond donors (Lipinski definition) is 0. The monoisotopic (exact) mass is 256 g/mol. The maximum atomic E-state index is 2.48. The molecule has 0 nitrogen and oxygen atoms in total. The van der Waals surface area contributed by atoms with E-state index in [-0.39, 0.29) is 0 Å². The second-order valence-corrected chi connectivity index (χ2v) is 8.81. The van der Waals surface area contributed by atoms with Crippen LogP contribution in [0.2, 0.25) is 0 Å². The third kappa shape index (κ3) is 2.47. The first-order valence-corrected chi connectivity index (χ1v) is 7.86. The summed E-state index contributed by atoms with van der Waals surface area (Å²) in [7, 11) is 0. The molecular weight excluding hydrogens is 228 g/mol. The Labute approximate surface area is 118 Å². The lowest BCUT2D eigenvalue weighted by Gasteiger charge is -2.57. The van der Waals surface area contributed by atoms with Gasteiger partial charge in [-0.15, -0.1) is 0 Å². The predicted molar refractivity (Wildman–Crippen MR) is 82.3 cm³/mol. The Morgan fingerprint density at radius 1 is 0.789 bits per heavy atom. The summed E-state index contributed by atoms with van der Waals surface area (Å²) in [5, 5.41) is 0. The standard InChI is InChI=1S/C19H28/c1-17(2)10-15-11-18(3,4)14-19(12-15,13-17)16-8-6-5-7-9-16/h5-9,15H,10-14H2,1-4H3. The molecule has 0 saturated heterocycles. The van der Waals surface area contributed by atoms with Crippen LogP contribution in [0.1, 0.15) is 65.4 Å². The molecule has 0 heteroatoms. The quantitative estimate of drug-likeness (QED) is 0.616. The highest BCUT2D eigenvalue weighted by Gasteiger charge is 2.51. The maximum absolute atomic E-state index is 2.48. The van der Waals surface area contributed by atoms with Crippen LogP contribution in [0.15, 0.2) is 30.3 Å². The Morgan fingerprint density at radius 3 is 1.84 bits per heavy atom. The van der Waals surface area contributed by atoms with Gasteiger partial charge in [0.15, 0.2) is 0 Å². The summed E-state index contributed by atoms with van der Waals surface area (Å²) in [6.07, 6.45) is 6.99. The van der Waals surface area contributed by atoms with E-state index in [4.69, 9.17) is 0 Å². The van der Waals surface area contributed by atoms with Crippen molar-refractivity contribution in [1.82, 2.24) is 0 Å². The van der Waals surface area contributed by atoms with E-state index in [1.807, 2.05) is 0 Å². The molecule has 0 spiro atoms. The first-order valence-electron chi connectivity index (χ1n) is 7.86. The van der Waals surface area contributed by atoms with Crippen LogP contribution in [0.4, 0.5) is 0 Å². The van der Waals surface area contributed by atoms with Gasteiger partial charge in [-0.2, -0.15) is 0 Å². The summed E-state index contributed by atoms with van der Waals surface area (Å²) in [5.74, 6) is 0.924. The van der Waals surface area contributed by atoms with Gasteiger partial charge in [0.05, 0.1) is 0 Å². The molecule has 19 heavy (non-hydrogen) atoms. The van der Waals surface area contributed by atoms with Gasteiger partial charge in [-0.3, -0.25) is 0 Å². The lowest BCUT2D eigenvalue weighted by atomic mass is 9.48. The molecule has 0 N–H and O–H groups in total. The van der Waals surface area contributed by atoms with Gasteiger partial charge in [-0.05, 0) is 59.8 Å². The lowest BCUT2D eigenvalue weighted by Crippen LogP contribution is -2.48. The minimum Gasteiger partial charge on any atom is -0.0622 e. The Kier molecular flexibility index (Phi) is 2.86. The van der Waals surface area contributed by atoms with Gasteiger partial charge in [0, 0.05) is 0 Å². The second-order valence-electron chi connectivity index (χ2n) is 8.81. The summed E-state index contributed by atoms with van der Waals surface area (Å²) < 4.78 is 0. The lowest BCUT2D eigenvalue weighted by molar-refractivity contribution is -0.00492. The minimum atomic E-state index is 0.440. The van der Waals surface area contributed by atoms with Crippen molar-refractivity contribution in [1.29, 1.82) is 0 Å². The van der Waals surface area contributed by atoms with Gasteiger partial charge < -0.3 is 0 Å². The van der Waals surface area contributed by atoms with Gasteiger partial charge in [0.25, 0.3) is 0 Å². The van der Waals surface area contributed by atoms with Gasteiger partial charge >= 0.3 is 0 Å². The van der Waals surface area contributed by atoms with Crippen LogP contribution in [-0.4, -0.2) is 0 Å². The highest BCUT2D eigenvalue weighted by Crippen LogP contribution is 2.60. The van der Waals surface area contributed by atoms with Crippen molar-refractivity contribution in [2.24, 2.45) is 16.7 Å². The maximum Gasteiger partial charge on any atom is -0.00342 e. The third-order valence-corrected chi connectivity index (χ3v) is 5.38. The zero-order chi connectivity index (χ0) is 13.7. The van der Waals surface area contributed by atoms with E-state index in [0.717, 1.165) is 5.92 Å². The number of fused-ring (bicyclic) bond motifs is 2. The zero-order valence-corrected chi connectivity index (χ0v) is 13.0. The highest BCUT2D eigenvalue weighted by atomic mass is 14.6. The van der Waals surface area contributed by atoms with Crippen LogP contribution in [0.3, 0.4) is 0 Å². The van der Waals surface area contributed by atoms with Gasteiger partial charge in [0.2, 0.25) is 0 Å². The highest BCUT2D eigenvalue weighted by molar-refractivity contribution is 5.29. The molecule has 1 aromatic carbocycles. The molecule has 3 rings (SSSR count). The largest absolute Gasteiger partial charge is 0.0622 e. The van der Waals surface area contributed by atoms with Gasteiger partial charge in [-0.1, -0.05) is 58.0 Å². The first-order chi connectivity index (χ1) is 8.80. The Hall–Kier alpha value is -0.780. The van der Waals surface area contributed by atoms with E-state index < -0.39 is 0 Å². The average molecular weight is 256 g/mol. The average Bonchev–Trinajstić information content (AvgIpc) is 2.25. The molecule has 2 saturated carbocycles. The number of rotatable bonds is 1. The van der Waals surface area contributed by atoms with Crippen LogP contribution < -0.4 is 0 Å². The molecule has 0 heterocycles. The summed E-state index contributed by atoms with van der Waals surface area (Å²) in [5.41, 5.74) is 3.06. The van der Waals surface area contributed by atoms with Crippen molar-refractivity contribution in [3.8, 4) is 0 Å². The first kappa shape index (κ1) is 13.2. The van der Waals surface area contributed by atoms with Crippen molar-refractivity contribution < 1.29 is 0 Å². The van der Waals surface area contributed by atoms with Crippen LogP contribution in [0.25, 0.3) is 0 Å². The van der Waals surface area contributed by atoms with E-state index >= 15 is 0 Å². The summed E-state index contributed by atoms with van der Waals surface area (Å²) in [4.78, 5) is 0. The van der Waals surface area contributed by atoms with E-state index in [9.17, 15) is 0 Å². The third-order valence-electron chi connectivity index (χ3n) is 5.38. The van der Waals surface area contributed by atoms with E-state index in [1.54, 1.807) is 5.56 Å². The van der Waals surface area contributed by atoms with Crippen molar-refractivity contribution in [3.05, 3.63) is 35.9 Å².